The largest absolute Gasteiger partial charge is 0.493 e. The maximum atomic E-state index is 9.41. The molecule has 0 aliphatic rings. The quantitative estimate of drug-likeness (QED) is 0.850. The summed E-state index contributed by atoms with van der Waals surface area (Å²) < 4.78 is 10.8. The molecule has 114 valence electrons. The third-order valence-electron chi connectivity index (χ3n) is 3.30. The molecule has 0 aromatic heterocycles. The third-order valence-corrected chi connectivity index (χ3v) is 3.30. The van der Waals surface area contributed by atoms with Gasteiger partial charge in [-0.2, -0.15) is 5.26 Å². The fourth-order valence-corrected chi connectivity index (χ4v) is 2.19. The number of rotatable bonds is 7. The highest BCUT2D eigenvalue weighted by atomic mass is 16.5. The molecule has 4 heteroatoms. The third kappa shape index (κ3) is 4.00. The number of nitriles is 1. The molecule has 2 rings (SSSR count). The monoisotopic (exact) mass is 296 g/mol. The first-order valence-electron chi connectivity index (χ1n) is 7.26. The van der Waals surface area contributed by atoms with Crippen LogP contribution in [-0.2, 0) is 6.54 Å². The molecule has 22 heavy (non-hydrogen) atoms. The lowest BCUT2D eigenvalue weighted by Gasteiger charge is -2.15. The molecule has 0 aliphatic heterocycles. The molecular weight excluding hydrogens is 276 g/mol. The van der Waals surface area contributed by atoms with Crippen LogP contribution >= 0.6 is 0 Å². The maximum absolute atomic E-state index is 9.41. The Balaban J connectivity index is 2.12. The molecule has 0 amide bonds. The van der Waals surface area contributed by atoms with Crippen molar-refractivity contribution in [2.75, 3.05) is 13.7 Å². The van der Waals surface area contributed by atoms with Crippen molar-refractivity contribution in [3.05, 3.63) is 59.7 Å². The molecule has 0 saturated carbocycles. The summed E-state index contributed by atoms with van der Waals surface area (Å²) in [4.78, 5) is 0. The van der Waals surface area contributed by atoms with Crippen LogP contribution in [0, 0.1) is 11.3 Å². The van der Waals surface area contributed by atoms with Gasteiger partial charge in [-0.25, -0.2) is 0 Å². The Labute approximate surface area is 131 Å². The van der Waals surface area contributed by atoms with Gasteiger partial charge in [0.05, 0.1) is 19.8 Å². The average Bonchev–Trinajstić information content (AvgIpc) is 2.57. The molecular formula is C18H20N2O2. The van der Waals surface area contributed by atoms with Gasteiger partial charge in [0, 0.05) is 6.54 Å². The lowest BCUT2D eigenvalue weighted by Crippen LogP contribution is -2.19. The molecule has 0 saturated heterocycles. The van der Waals surface area contributed by atoms with Gasteiger partial charge in [-0.3, -0.25) is 5.32 Å². The standard InChI is InChI=1S/C18H20N2O2/c1-3-22-17-10-9-15(11-18(17)21-2)16(12-19)20-13-14-7-5-4-6-8-14/h4-11,16,20H,3,13H2,1-2H3. The molecule has 0 bridgehead atoms. The first-order valence-corrected chi connectivity index (χ1v) is 7.26. The molecule has 0 spiro atoms. The zero-order valence-electron chi connectivity index (χ0n) is 12.9. The smallest absolute Gasteiger partial charge is 0.161 e. The Morgan fingerprint density at radius 1 is 1.14 bits per heavy atom. The highest BCUT2D eigenvalue weighted by Crippen LogP contribution is 2.30. The zero-order valence-corrected chi connectivity index (χ0v) is 12.9. The van der Waals surface area contributed by atoms with E-state index in [2.05, 4.69) is 11.4 Å². The van der Waals surface area contributed by atoms with E-state index in [1.165, 1.54) is 0 Å². The molecule has 0 heterocycles. The topological polar surface area (TPSA) is 54.3 Å². The van der Waals surface area contributed by atoms with E-state index >= 15 is 0 Å². The maximum Gasteiger partial charge on any atom is 0.161 e. The highest BCUT2D eigenvalue weighted by Gasteiger charge is 2.13. The minimum Gasteiger partial charge on any atom is -0.493 e. The van der Waals surface area contributed by atoms with Crippen molar-refractivity contribution < 1.29 is 9.47 Å². The van der Waals surface area contributed by atoms with Crippen LogP contribution in [0.5, 0.6) is 11.5 Å². The van der Waals surface area contributed by atoms with Crippen LogP contribution in [0.4, 0.5) is 0 Å². The van der Waals surface area contributed by atoms with Gasteiger partial charge in [0.25, 0.3) is 0 Å². The van der Waals surface area contributed by atoms with Crippen LogP contribution in [0.3, 0.4) is 0 Å². The number of hydrogen-bond acceptors (Lipinski definition) is 4. The lowest BCUT2D eigenvalue weighted by molar-refractivity contribution is 0.310. The lowest BCUT2D eigenvalue weighted by atomic mass is 10.1. The highest BCUT2D eigenvalue weighted by molar-refractivity contribution is 5.44. The van der Waals surface area contributed by atoms with E-state index in [1.54, 1.807) is 7.11 Å². The summed E-state index contributed by atoms with van der Waals surface area (Å²) in [5.41, 5.74) is 2.00. The van der Waals surface area contributed by atoms with E-state index in [-0.39, 0.29) is 0 Å². The van der Waals surface area contributed by atoms with Crippen molar-refractivity contribution in [2.45, 2.75) is 19.5 Å². The van der Waals surface area contributed by atoms with Crippen LogP contribution in [0.15, 0.2) is 48.5 Å². The van der Waals surface area contributed by atoms with E-state index in [0.717, 1.165) is 11.1 Å². The number of nitrogens with one attached hydrogen (secondary N) is 1. The number of methoxy groups -OCH3 is 1. The summed E-state index contributed by atoms with van der Waals surface area (Å²) in [6.45, 7) is 3.13. The SMILES string of the molecule is CCOc1ccc(C(C#N)NCc2ccccc2)cc1OC. The fourth-order valence-electron chi connectivity index (χ4n) is 2.19. The summed E-state index contributed by atoms with van der Waals surface area (Å²) in [5.74, 6) is 1.33. The second-order valence-corrected chi connectivity index (χ2v) is 4.77. The molecule has 0 fully saturated rings. The zero-order chi connectivity index (χ0) is 15.8. The van der Waals surface area contributed by atoms with Crippen LogP contribution < -0.4 is 14.8 Å². The Morgan fingerprint density at radius 3 is 2.55 bits per heavy atom. The predicted molar refractivity (Wildman–Crippen MR) is 85.8 cm³/mol. The Hall–Kier alpha value is -2.51. The van der Waals surface area contributed by atoms with Gasteiger partial charge in [0.1, 0.15) is 6.04 Å². The fraction of sp³-hybridized carbons (Fsp3) is 0.278. The van der Waals surface area contributed by atoms with Crippen LogP contribution in [0.2, 0.25) is 0 Å². The number of benzene rings is 2. The second kappa shape index (κ2) is 8.06. The van der Waals surface area contributed by atoms with E-state index in [9.17, 15) is 5.26 Å². The van der Waals surface area contributed by atoms with E-state index in [1.807, 2.05) is 55.5 Å². The van der Waals surface area contributed by atoms with Crippen molar-refractivity contribution in [1.82, 2.24) is 5.32 Å². The van der Waals surface area contributed by atoms with Gasteiger partial charge in [0.15, 0.2) is 11.5 Å². The minimum atomic E-state index is -0.398. The van der Waals surface area contributed by atoms with E-state index < -0.39 is 6.04 Å². The Morgan fingerprint density at radius 2 is 1.91 bits per heavy atom. The number of ether oxygens (including phenoxy) is 2. The Bertz CT molecular complexity index is 635. The Kier molecular flexibility index (Phi) is 5.81. The van der Waals surface area contributed by atoms with Crippen molar-refractivity contribution in [2.24, 2.45) is 0 Å². The van der Waals surface area contributed by atoms with Crippen molar-refractivity contribution in [1.29, 1.82) is 5.26 Å². The van der Waals surface area contributed by atoms with Gasteiger partial charge in [0.2, 0.25) is 0 Å². The molecule has 1 atom stereocenters. The average molecular weight is 296 g/mol. The van der Waals surface area contributed by atoms with Crippen molar-refractivity contribution in [3.8, 4) is 17.6 Å². The second-order valence-electron chi connectivity index (χ2n) is 4.77. The summed E-state index contributed by atoms with van der Waals surface area (Å²) in [6.07, 6.45) is 0. The van der Waals surface area contributed by atoms with Crippen molar-refractivity contribution >= 4 is 0 Å². The van der Waals surface area contributed by atoms with Crippen LogP contribution in [-0.4, -0.2) is 13.7 Å². The van der Waals surface area contributed by atoms with Crippen LogP contribution in [0.25, 0.3) is 0 Å². The summed E-state index contributed by atoms with van der Waals surface area (Å²) in [7, 11) is 1.60. The van der Waals surface area contributed by atoms with Gasteiger partial charge < -0.3 is 9.47 Å². The number of nitrogens with zero attached hydrogens (tertiary/aromatic N) is 1. The van der Waals surface area contributed by atoms with Crippen molar-refractivity contribution in [3.63, 3.8) is 0 Å². The van der Waals surface area contributed by atoms with E-state index in [0.29, 0.717) is 24.7 Å². The van der Waals surface area contributed by atoms with E-state index in [4.69, 9.17) is 9.47 Å². The summed E-state index contributed by atoms with van der Waals surface area (Å²) in [5, 5.41) is 12.7. The summed E-state index contributed by atoms with van der Waals surface area (Å²) in [6, 6.07) is 17.5. The summed E-state index contributed by atoms with van der Waals surface area (Å²) >= 11 is 0. The molecule has 0 aliphatic carbocycles. The molecule has 1 unspecified atom stereocenters. The first kappa shape index (κ1) is 15.9. The molecule has 4 nitrogen and oxygen atoms in total. The molecule has 2 aromatic rings. The minimum absolute atomic E-state index is 0.398. The van der Waals surface area contributed by atoms with Gasteiger partial charge in [-0.05, 0) is 30.2 Å². The van der Waals surface area contributed by atoms with Crippen LogP contribution in [0.1, 0.15) is 24.1 Å². The van der Waals surface area contributed by atoms with Gasteiger partial charge in [-0.1, -0.05) is 36.4 Å². The molecule has 0 radical (unpaired) electrons. The van der Waals surface area contributed by atoms with Gasteiger partial charge in [-0.15, -0.1) is 0 Å². The number of hydrogen-bond donors (Lipinski definition) is 1. The van der Waals surface area contributed by atoms with Gasteiger partial charge >= 0.3 is 0 Å². The predicted octanol–water partition coefficient (Wildman–Crippen LogP) is 3.45. The molecule has 1 N–H and O–H groups in total. The normalized spacial score (nSPS) is 11.5. The molecule has 2 aromatic carbocycles. The first-order chi connectivity index (χ1) is 10.8.